The van der Waals surface area contributed by atoms with Crippen LogP contribution in [0, 0.1) is 5.92 Å². The van der Waals surface area contributed by atoms with E-state index in [4.69, 9.17) is 0 Å². The molecule has 0 saturated carbocycles. The van der Waals surface area contributed by atoms with Gasteiger partial charge in [-0.25, -0.2) is 0 Å². The molecule has 0 aliphatic carbocycles. The summed E-state index contributed by atoms with van der Waals surface area (Å²) >= 11 is 0. The van der Waals surface area contributed by atoms with Crippen molar-refractivity contribution in [2.24, 2.45) is 5.92 Å². The number of hydrogen-bond donors (Lipinski definition) is 2. The van der Waals surface area contributed by atoms with Crippen LogP contribution in [0.1, 0.15) is 96.6 Å². The molecular weight excluding hydrogens is 344 g/mol. The standard InChI is InChI=1S/C25H42N2O/c1-5-8-9-15-22(12-6-2)25(17-23(13-7-3)27-20(4)28)19-26-18-21-14-10-11-16-24(21)25/h10-11,14,16,22-23,26H,5-9,12-13,15,17-19H2,1-4H3,(H,27,28). The Hall–Kier alpha value is -1.35. The first kappa shape index (κ1) is 22.9. The molecule has 3 nitrogen and oxygen atoms in total. The lowest BCUT2D eigenvalue weighted by Gasteiger charge is -2.47. The number of unbranched alkanes of at least 4 members (excludes halogenated alkanes) is 2. The van der Waals surface area contributed by atoms with Crippen molar-refractivity contribution in [1.82, 2.24) is 10.6 Å². The van der Waals surface area contributed by atoms with Gasteiger partial charge in [-0.1, -0.05) is 77.1 Å². The molecule has 158 valence electrons. The van der Waals surface area contributed by atoms with Crippen molar-refractivity contribution in [1.29, 1.82) is 0 Å². The molecule has 0 radical (unpaired) electrons. The second-order valence-corrected chi connectivity index (χ2v) is 8.79. The molecule has 1 aliphatic heterocycles. The summed E-state index contributed by atoms with van der Waals surface area (Å²) < 4.78 is 0. The van der Waals surface area contributed by atoms with E-state index in [0.717, 1.165) is 32.4 Å². The first-order chi connectivity index (χ1) is 13.6. The van der Waals surface area contributed by atoms with Crippen LogP contribution < -0.4 is 10.6 Å². The minimum Gasteiger partial charge on any atom is -0.354 e. The molecule has 3 heteroatoms. The Bertz CT molecular complexity index is 600. The van der Waals surface area contributed by atoms with Crippen LogP contribution in [0.4, 0.5) is 0 Å². The van der Waals surface area contributed by atoms with E-state index < -0.39 is 0 Å². The van der Waals surface area contributed by atoms with Crippen LogP contribution in [0.3, 0.4) is 0 Å². The molecule has 28 heavy (non-hydrogen) atoms. The molecule has 0 saturated heterocycles. The average Bonchev–Trinajstić information content (AvgIpc) is 2.67. The second kappa shape index (κ2) is 11.6. The van der Waals surface area contributed by atoms with E-state index in [0.29, 0.717) is 5.92 Å². The number of carbonyl (C=O) groups is 1. The largest absolute Gasteiger partial charge is 0.354 e. The Morgan fingerprint density at radius 2 is 1.82 bits per heavy atom. The first-order valence-electron chi connectivity index (χ1n) is 11.6. The molecule has 0 aromatic heterocycles. The third kappa shape index (κ3) is 5.83. The molecule has 1 aliphatic rings. The SMILES string of the molecule is CCCCCC(CCC)C1(CC(CCC)NC(C)=O)CNCc2ccccc21. The van der Waals surface area contributed by atoms with Crippen LogP contribution in [0.5, 0.6) is 0 Å². The zero-order valence-corrected chi connectivity index (χ0v) is 18.7. The highest BCUT2D eigenvalue weighted by Crippen LogP contribution is 2.45. The Kier molecular flexibility index (Phi) is 9.50. The Morgan fingerprint density at radius 3 is 2.50 bits per heavy atom. The number of nitrogens with one attached hydrogen (secondary N) is 2. The van der Waals surface area contributed by atoms with Gasteiger partial charge in [0, 0.05) is 31.5 Å². The van der Waals surface area contributed by atoms with Gasteiger partial charge in [0.1, 0.15) is 0 Å². The van der Waals surface area contributed by atoms with Crippen molar-refractivity contribution in [3.05, 3.63) is 35.4 Å². The van der Waals surface area contributed by atoms with E-state index in [2.05, 4.69) is 55.7 Å². The predicted octanol–water partition coefficient (Wildman–Crippen LogP) is 5.72. The number of carbonyl (C=O) groups excluding carboxylic acids is 1. The summed E-state index contributed by atoms with van der Waals surface area (Å²) in [4.78, 5) is 11.9. The maximum atomic E-state index is 11.9. The lowest BCUT2D eigenvalue weighted by atomic mass is 9.61. The molecule has 3 unspecified atom stereocenters. The molecule has 0 spiro atoms. The molecule has 1 amide bonds. The van der Waals surface area contributed by atoms with Crippen LogP contribution in [0.15, 0.2) is 24.3 Å². The lowest BCUT2D eigenvalue weighted by Crippen LogP contribution is -2.52. The van der Waals surface area contributed by atoms with Gasteiger partial charge in [-0.2, -0.15) is 0 Å². The summed E-state index contributed by atoms with van der Waals surface area (Å²) in [6, 6.07) is 9.29. The molecule has 2 rings (SSSR count). The second-order valence-electron chi connectivity index (χ2n) is 8.79. The third-order valence-corrected chi connectivity index (χ3v) is 6.54. The highest BCUT2D eigenvalue weighted by molar-refractivity contribution is 5.73. The molecule has 1 aromatic rings. The van der Waals surface area contributed by atoms with E-state index in [9.17, 15) is 4.79 Å². The van der Waals surface area contributed by atoms with Crippen LogP contribution in [-0.2, 0) is 16.8 Å². The monoisotopic (exact) mass is 386 g/mol. The molecule has 1 aromatic carbocycles. The summed E-state index contributed by atoms with van der Waals surface area (Å²) in [6.45, 7) is 10.5. The molecule has 3 atom stereocenters. The van der Waals surface area contributed by atoms with Crippen molar-refractivity contribution in [3.8, 4) is 0 Å². The summed E-state index contributed by atoms with van der Waals surface area (Å²) in [5, 5.41) is 7.03. The van der Waals surface area contributed by atoms with Crippen molar-refractivity contribution in [2.45, 2.75) is 103 Å². The van der Waals surface area contributed by atoms with E-state index in [-0.39, 0.29) is 17.4 Å². The van der Waals surface area contributed by atoms with Gasteiger partial charge in [-0.05, 0) is 42.7 Å². The molecule has 1 heterocycles. The average molecular weight is 387 g/mol. The Balaban J connectivity index is 2.43. The number of amides is 1. The molecule has 0 bridgehead atoms. The van der Waals surface area contributed by atoms with Gasteiger partial charge in [0.15, 0.2) is 0 Å². The fourth-order valence-corrected chi connectivity index (χ4v) is 5.38. The minimum absolute atomic E-state index is 0.101. The normalized spacial score (nSPS) is 21.0. The van der Waals surface area contributed by atoms with E-state index in [1.807, 2.05) is 0 Å². The first-order valence-corrected chi connectivity index (χ1v) is 11.6. The lowest BCUT2D eigenvalue weighted by molar-refractivity contribution is -0.119. The van der Waals surface area contributed by atoms with Gasteiger partial charge < -0.3 is 10.6 Å². The van der Waals surface area contributed by atoms with Gasteiger partial charge in [0.2, 0.25) is 5.91 Å². The van der Waals surface area contributed by atoms with Crippen molar-refractivity contribution < 1.29 is 4.79 Å². The summed E-state index contributed by atoms with van der Waals surface area (Å²) in [6.07, 6.45) is 10.9. The maximum Gasteiger partial charge on any atom is 0.217 e. The van der Waals surface area contributed by atoms with Gasteiger partial charge in [0.25, 0.3) is 0 Å². The van der Waals surface area contributed by atoms with Gasteiger partial charge in [0.05, 0.1) is 0 Å². The van der Waals surface area contributed by atoms with E-state index >= 15 is 0 Å². The highest BCUT2D eigenvalue weighted by Gasteiger charge is 2.43. The van der Waals surface area contributed by atoms with Gasteiger partial charge >= 0.3 is 0 Å². The molecule has 0 fully saturated rings. The number of benzene rings is 1. The Labute approximate surface area is 173 Å². The zero-order chi connectivity index (χ0) is 20.4. The van der Waals surface area contributed by atoms with Crippen molar-refractivity contribution in [2.75, 3.05) is 6.54 Å². The minimum atomic E-state index is 0.101. The van der Waals surface area contributed by atoms with Gasteiger partial charge in [-0.3, -0.25) is 4.79 Å². The summed E-state index contributed by atoms with van der Waals surface area (Å²) in [7, 11) is 0. The molecule has 2 N–H and O–H groups in total. The number of hydrogen-bond acceptors (Lipinski definition) is 2. The fourth-order valence-electron chi connectivity index (χ4n) is 5.38. The van der Waals surface area contributed by atoms with Crippen LogP contribution in [0.25, 0.3) is 0 Å². The number of rotatable bonds is 12. The smallest absolute Gasteiger partial charge is 0.217 e. The quantitative estimate of drug-likeness (QED) is 0.451. The van der Waals surface area contributed by atoms with Crippen LogP contribution in [-0.4, -0.2) is 18.5 Å². The topological polar surface area (TPSA) is 41.1 Å². The third-order valence-electron chi connectivity index (χ3n) is 6.54. The van der Waals surface area contributed by atoms with E-state index in [1.54, 1.807) is 6.92 Å². The van der Waals surface area contributed by atoms with Crippen molar-refractivity contribution >= 4 is 5.91 Å². The van der Waals surface area contributed by atoms with Crippen molar-refractivity contribution in [3.63, 3.8) is 0 Å². The molecular formula is C25H42N2O. The number of fused-ring (bicyclic) bond motifs is 1. The van der Waals surface area contributed by atoms with E-state index in [1.165, 1.54) is 49.7 Å². The van der Waals surface area contributed by atoms with Crippen LogP contribution in [0.2, 0.25) is 0 Å². The highest BCUT2D eigenvalue weighted by atomic mass is 16.1. The predicted molar refractivity (Wildman–Crippen MR) is 119 cm³/mol. The zero-order valence-electron chi connectivity index (χ0n) is 18.7. The summed E-state index contributed by atoms with van der Waals surface area (Å²) in [5.41, 5.74) is 3.10. The van der Waals surface area contributed by atoms with Gasteiger partial charge in [-0.15, -0.1) is 0 Å². The summed E-state index contributed by atoms with van der Waals surface area (Å²) in [5.74, 6) is 0.759. The van der Waals surface area contributed by atoms with Crippen LogP contribution >= 0.6 is 0 Å². The Morgan fingerprint density at radius 1 is 1.07 bits per heavy atom. The maximum absolute atomic E-state index is 11.9. The fraction of sp³-hybridized carbons (Fsp3) is 0.720.